The van der Waals surface area contributed by atoms with Crippen LogP contribution in [-0.4, -0.2) is 175 Å². The number of carboxylic acids is 1. The number of esters is 1. The van der Waals surface area contributed by atoms with Gasteiger partial charge in [-0.3, -0.25) is 48.1 Å². The number of amides is 9. The summed E-state index contributed by atoms with van der Waals surface area (Å²) < 4.78 is 38.8. The molecule has 2 aromatic heterocycles. The molecule has 9 amide bonds. The van der Waals surface area contributed by atoms with Gasteiger partial charge in [-0.25, -0.2) is 23.8 Å². The highest BCUT2D eigenvalue weighted by atomic mass is 19.1. The van der Waals surface area contributed by atoms with Crippen molar-refractivity contribution >= 4 is 81.9 Å². The number of rotatable bonds is 21. The lowest BCUT2D eigenvalue weighted by Crippen LogP contribution is -2.61. The molecule has 6 heterocycles. The number of carboxylic acid groups (broad SMARTS) is 1. The van der Waals surface area contributed by atoms with E-state index in [0.717, 1.165) is 17.1 Å². The normalized spacial score (nSPS) is 21.4. The van der Waals surface area contributed by atoms with Gasteiger partial charge in [0.2, 0.25) is 41.7 Å². The third-order valence-electron chi connectivity index (χ3n) is 15.1. The molecule has 9 rings (SSSR count). The van der Waals surface area contributed by atoms with E-state index in [1.807, 2.05) is 0 Å². The molecule has 32 heteroatoms. The molecule has 4 aliphatic heterocycles. The predicted molar refractivity (Wildman–Crippen MR) is 289 cm³/mol. The Labute approximate surface area is 489 Å². The molecule has 87 heavy (non-hydrogen) atoms. The van der Waals surface area contributed by atoms with Crippen molar-refractivity contribution in [3.8, 4) is 17.1 Å². The summed E-state index contributed by atoms with van der Waals surface area (Å²) in [5, 5.41) is 69.4. The van der Waals surface area contributed by atoms with Crippen molar-refractivity contribution in [2.24, 2.45) is 0 Å². The Morgan fingerprint density at radius 2 is 1.41 bits per heavy atom. The summed E-state index contributed by atoms with van der Waals surface area (Å²) in [5.74, 6) is -9.64. The smallest absolute Gasteiger partial charge is 0.407 e. The van der Waals surface area contributed by atoms with Crippen molar-refractivity contribution in [1.29, 1.82) is 0 Å². The van der Waals surface area contributed by atoms with Gasteiger partial charge in [-0.05, 0) is 66.6 Å². The number of aromatic nitrogens is 2. The molecular formula is C55H57FN10O21. The first kappa shape index (κ1) is 61.8. The van der Waals surface area contributed by atoms with Crippen molar-refractivity contribution in [3.05, 3.63) is 97.6 Å². The Bertz CT molecular complexity index is 3670. The zero-order valence-corrected chi connectivity index (χ0v) is 46.2. The summed E-state index contributed by atoms with van der Waals surface area (Å²) in [6.07, 6.45) is -8.96. The highest BCUT2D eigenvalue weighted by molar-refractivity contribution is 6.13. The van der Waals surface area contributed by atoms with Crippen LogP contribution < -0.4 is 47.5 Å². The second kappa shape index (κ2) is 25.4. The van der Waals surface area contributed by atoms with Gasteiger partial charge in [0.15, 0.2) is 11.7 Å². The van der Waals surface area contributed by atoms with Crippen LogP contribution in [0.1, 0.15) is 71.2 Å². The number of carbonyl (C=O) groups excluding carboxylic acids is 10. The fourth-order valence-corrected chi connectivity index (χ4v) is 10.5. The molecule has 0 saturated carbocycles. The highest BCUT2D eigenvalue weighted by Crippen LogP contribution is 2.46. The summed E-state index contributed by atoms with van der Waals surface area (Å²) >= 11 is 0. The van der Waals surface area contributed by atoms with Crippen molar-refractivity contribution in [2.75, 3.05) is 44.6 Å². The number of benzene rings is 2. The molecule has 460 valence electrons. The van der Waals surface area contributed by atoms with Crippen LogP contribution in [0.15, 0.2) is 47.3 Å². The summed E-state index contributed by atoms with van der Waals surface area (Å²) in [7, 11) is 0. The first-order valence-electron chi connectivity index (χ1n) is 27.0. The molecular weight excluding hydrogens is 1160 g/mol. The number of nitrogens with one attached hydrogen (secondary N) is 7. The van der Waals surface area contributed by atoms with E-state index in [2.05, 4.69) is 37.2 Å². The number of aliphatic hydroxyl groups is 4. The molecule has 1 fully saturated rings. The van der Waals surface area contributed by atoms with Crippen LogP contribution in [0.4, 0.5) is 14.9 Å². The van der Waals surface area contributed by atoms with Crippen LogP contribution in [0.5, 0.6) is 5.75 Å². The average molecular weight is 1210 g/mol. The molecule has 12 N–H and O–H groups in total. The van der Waals surface area contributed by atoms with Gasteiger partial charge < -0.3 is 86.3 Å². The lowest BCUT2D eigenvalue weighted by Gasteiger charge is -2.38. The lowest BCUT2D eigenvalue weighted by molar-refractivity contribution is -0.271. The molecule has 31 nitrogen and oxygen atoms in total. The van der Waals surface area contributed by atoms with E-state index in [9.17, 15) is 83.1 Å². The van der Waals surface area contributed by atoms with E-state index in [0.29, 0.717) is 34.1 Å². The first-order chi connectivity index (χ1) is 41.4. The fraction of sp³-hybridized carbons (Fsp3) is 0.400. The minimum absolute atomic E-state index is 0.0439. The largest absolute Gasteiger partial charge is 0.479 e. The number of aliphatic hydroxyl groups excluding tert-OH is 3. The Hall–Kier alpha value is -9.76. The summed E-state index contributed by atoms with van der Waals surface area (Å²) in [6.45, 7) is -1.24. The molecule has 4 aromatic rings. The standard InChI is InChI=1S/C55H57FN10O21/c1-3-55(83)28-13-33-45-26(20-66(33)50(78)27(28)22-84-53(55)81)44-30(6-5-25-23(2)29(56)14-32(63-45)43(25)44)64-54(82)85-21-24-4-7-34(86-52-48(77)46(75)47(76)49(87-52)51(79)80)31(12-24)62-40(72)19-61-39(71)18-60-38(70)17-59-37(69)16-58-36(68)15-57-35(67)10-11-65-41(73)8-9-42(65)74/h4,7-9,12-14,30,46-49,52,75-77,83H,3,5-6,10-11,15-22H2,1-2H3,(H,57,67)(H,58,68)(H,59,69)(H,60,70)(H,61,71)(H,62,72)(H,64,82)(H,79,80)/t30-,46-,47-,48+,49-,52+,55-/m0/s1. The van der Waals surface area contributed by atoms with Crippen LogP contribution in [-0.2, 0) is 93.9 Å². The van der Waals surface area contributed by atoms with E-state index >= 15 is 4.39 Å². The third-order valence-corrected chi connectivity index (χ3v) is 15.1. The molecule has 2 aromatic carbocycles. The Morgan fingerprint density at radius 3 is 2.03 bits per heavy atom. The van der Waals surface area contributed by atoms with Gasteiger partial charge in [-0.2, -0.15) is 0 Å². The van der Waals surface area contributed by atoms with Gasteiger partial charge in [-0.1, -0.05) is 13.0 Å². The highest BCUT2D eigenvalue weighted by Gasteiger charge is 2.49. The fourth-order valence-electron chi connectivity index (χ4n) is 10.5. The molecule has 0 unspecified atom stereocenters. The minimum Gasteiger partial charge on any atom is -0.479 e. The average Bonchev–Trinajstić information content (AvgIpc) is 1.72. The van der Waals surface area contributed by atoms with Gasteiger partial charge in [0.1, 0.15) is 43.1 Å². The zero-order chi connectivity index (χ0) is 62.8. The number of anilines is 1. The number of aliphatic carboxylic acids is 1. The molecule has 0 radical (unpaired) electrons. The van der Waals surface area contributed by atoms with Crippen LogP contribution >= 0.6 is 0 Å². The number of hydrogen-bond acceptors (Lipinski definition) is 21. The van der Waals surface area contributed by atoms with Crippen molar-refractivity contribution in [3.63, 3.8) is 0 Å². The van der Waals surface area contributed by atoms with E-state index in [4.69, 9.17) is 23.9 Å². The topological polar surface area (TPSA) is 448 Å². The maximum atomic E-state index is 15.5. The Balaban J connectivity index is 0.820. The second-order valence-corrected chi connectivity index (χ2v) is 20.7. The Kier molecular flexibility index (Phi) is 18.1. The molecule has 1 saturated heterocycles. The van der Waals surface area contributed by atoms with Crippen molar-refractivity contribution < 1.29 is 102 Å². The third kappa shape index (κ3) is 12.9. The molecule has 0 spiro atoms. The maximum absolute atomic E-state index is 15.5. The Morgan fingerprint density at radius 1 is 0.793 bits per heavy atom. The number of halogens is 1. The quantitative estimate of drug-likeness (QED) is 0.0251. The number of fused-ring (bicyclic) bond motifs is 5. The zero-order valence-electron chi connectivity index (χ0n) is 46.2. The van der Waals surface area contributed by atoms with Crippen molar-refractivity contribution in [1.82, 2.24) is 46.4 Å². The summed E-state index contributed by atoms with van der Waals surface area (Å²) in [5.41, 5.74) is 0.186. The number of alkyl carbamates (subject to hydrolysis) is 1. The second-order valence-electron chi connectivity index (χ2n) is 20.7. The summed E-state index contributed by atoms with van der Waals surface area (Å²) in [6, 6.07) is 5.72. The first-order valence-corrected chi connectivity index (χ1v) is 27.0. The van der Waals surface area contributed by atoms with E-state index in [-0.39, 0.29) is 84.0 Å². The number of pyridine rings is 2. The van der Waals surface area contributed by atoms with Gasteiger partial charge in [0.25, 0.3) is 17.4 Å². The van der Waals surface area contributed by atoms with Gasteiger partial charge in [0.05, 0.1) is 73.5 Å². The van der Waals surface area contributed by atoms with Crippen LogP contribution in [0, 0.1) is 12.7 Å². The molecule has 1 aliphatic carbocycles. The monoisotopic (exact) mass is 1210 g/mol. The lowest BCUT2D eigenvalue weighted by atomic mass is 9.81. The van der Waals surface area contributed by atoms with E-state index < -0.39 is 158 Å². The van der Waals surface area contributed by atoms with E-state index in [1.165, 1.54) is 34.9 Å². The number of hydrogen-bond donors (Lipinski definition) is 12. The number of carbonyl (C=O) groups is 11. The SMILES string of the molecule is CC[C@@]1(O)C(=O)OCc2c1cc1n(c2=O)Cc2c-1nc1cc(F)c(C)c3c1c2[C@@H](NC(=O)OCc1ccc(O[C@@H]2O[C@H](C(=O)O)[C@@H](O)[C@H](O)[C@H]2O)c(NC(=O)CNC(=O)CNC(=O)CNC(=O)CNC(=O)CNC(=O)CCN2C(=O)C=CC2=O)c1)CC3. The van der Waals surface area contributed by atoms with Gasteiger partial charge in [0, 0.05) is 47.7 Å². The molecule has 0 bridgehead atoms. The number of ether oxygens (including phenoxy) is 4. The van der Waals surface area contributed by atoms with Crippen LogP contribution in [0.25, 0.3) is 22.3 Å². The van der Waals surface area contributed by atoms with Crippen LogP contribution in [0.2, 0.25) is 0 Å². The predicted octanol–water partition coefficient (Wildman–Crippen LogP) is -3.45. The number of aryl methyl sites for hydroxylation is 1. The van der Waals surface area contributed by atoms with Gasteiger partial charge in [-0.15, -0.1) is 0 Å². The number of nitrogens with zero attached hydrogens (tertiary/aromatic N) is 3. The van der Waals surface area contributed by atoms with Crippen molar-refractivity contribution in [2.45, 2.75) is 102 Å². The summed E-state index contributed by atoms with van der Waals surface area (Å²) in [4.78, 5) is 156. The van der Waals surface area contributed by atoms with Gasteiger partial charge >= 0.3 is 18.0 Å². The molecule has 5 aliphatic rings. The molecule has 7 atom stereocenters. The number of cyclic esters (lactones) is 1. The number of imide groups is 1. The van der Waals surface area contributed by atoms with Crippen LogP contribution in [0.3, 0.4) is 0 Å². The maximum Gasteiger partial charge on any atom is 0.407 e. The minimum atomic E-state index is -2.12. The van der Waals surface area contributed by atoms with E-state index in [1.54, 1.807) is 13.8 Å².